The summed E-state index contributed by atoms with van der Waals surface area (Å²) in [6.07, 6.45) is 0.864. The molecule has 0 bridgehead atoms. The fourth-order valence-corrected chi connectivity index (χ4v) is 4.13. The Hall–Kier alpha value is -3.81. The molecule has 8 heteroatoms. The first-order chi connectivity index (χ1) is 15.6. The predicted molar refractivity (Wildman–Crippen MR) is 120 cm³/mol. The first-order valence-electron chi connectivity index (χ1n) is 10.7. The number of nitrogens with zero attached hydrogens (tertiary/aromatic N) is 3. The summed E-state index contributed by atoms with van der Waals surface area (Å²) in [6.45, 7) is 4.02. The molecule has 2 aliphatic rings. The number of anilines is 2. The van der Waals surface area contributed by atoms with Gasteiger partial charge in [0.2, 0.25) is 11.9 Å². The van der Waals surface area contributed by atoms with Gasteiger partial charge in [-0.1, -0.05) is 24.3 Å². The number of aryl methyl sites for hydroxylation is 1. The van der Waals surface area contributed by atoms with Crippen molar-refractivity contribution in [2.45, 2.75) is 26.4 Å². The molecule has 3 heterocycles. The average Bonchev–Trinajstić information content (AvgIpc) is 2.80. The Labute approximate surface area is 185 Å². The third kappa shape index (κ3) is 4.03. The van der Waals surface area contributed by atoms with Crippen LogP contribution in [0.2, 0.25) is 0 Å². The van der Waals surface area contributed by atoms with Crippen LogP contribution in [0.15, 0.2) is 53.3 Å². The van der Waals surface area contributed by atoms with E-state index in [2.05, 4.69) is 27.3 Å². The van der Waals surface area contributed by atoms with Crippen LogP contribution in [0, 0.1) is 6.92 Å². The molecule has 0 atom stereocenters. The summed E-state index contributed by atoms with van der Waals surface area (Å²) < 4.78 is 12.5. The highest BCUT2D eigenvalue weighted by Crippen LogP contribution is 2.32. The number of nitrogens with one attached hydrogen (secondary N) is 1. The molecule has 3 aromatic rings. The molecule has 1 N–H and O–H groups in total. The zero-order valence-corrected chi connectivity index (χ0v) is 17.8. The molecule has 0 fully saturated rings. The Morgan fingerprint density at radius 2 is 1.84 bits per heavy atom. The van der Waals surface area contributed by atoms with E-state index in [1.807, 2.05) is 12.1 Å². The highest BCUT2D eigenvalue weighted by atomic mass is 16.6. The van der Waals surface area contributed by atoms with Crippen molar-refractivity contribution in [2.75, 3.05) is 30.0 Å². The highest BCUT2D eigenvalue weighted by molar-refractivity contribution is 5.91. The zero-order chi connectivity index (χ0) is 22.1. The maximum Gasteiger partial charge on any atom is 0.255 e. The smallest absolute Gasteiger partial charge is 0.255 e. The average molecular weight is 432 g/mol. The van der Waals surface area contributed by atoms with Gasteiger partial charge in [0.05, 0.1) is 0 Å². The molecule has 0 unspecified atom stereocenters. The number of benzene rings is 2. The molecule has 2 aliphatic heterocycles. The quantitative estimate of drug-likeness (QED) is 0.682. The van der Waals surface area contributed by atoms with E-state index >= 15 is 0 Å². The molecule has 8 nitrogen and oxygen atoms in total. The van der Waals surface area contributed by atoms with Gasteiger partial charge in [0.15, 0.2) is 11.5 Å². The van der Waals surface area contributed by atoms with Gasteiger partial charge in [0.1, 0.15) is 19.8 Å². The van der Waals surface area contributed by atoms with Crippen molar-refractivity contribution in [3.63, 3.8) is 0 Å². The van der Waals surface area contributed by atoms with E-state index in [-0.39, 0.29) is 18.0 Å². The maximum absolute atomic E-state index is 12.8. The molecular formula is C24H24N4O4. The number of carbonyl (C=O) groups is 1. The molecule has 0 radical (unpaired) electrons. The predicted octanol–water partition coefficient (Wildman–Crippen LogP) is 2.52. The molecule has 2 aromatic carbocycles. The fraction of sp³-hybridized carbons (Fsp3) is 0.292. The van der Waals surface area contributed by atoms with Crippen LogP contribution in [0.3, 0.4) is 0 Å². The number of hydrogen-bond acceptors (Lipinski definition) is 6. The van der Waals surface area contributed by atoms with Crippen molar-refractivity contribution in [1.29, 1.82) is 0 Å². The fourth-order valence-electron chi connectivity index (χ4n) is 4.13. The van der Waals surface area contributed by atoms with Crippen molar-refractivity contribution < 1.29 is 14.3 Å². The highest BCUT2D eigenvalue weighted by Gasteiger charge is 2.22. The molecule has 164 valence electrons. The third-order valence-electron chi connectivity index (χ3n) is 5.66. The zero-order valence-electron chi connectivity index (χ0n) is 17.8. The van der Waals surface area contributed by atoms with Gasteiger partial charge in [-0.05, 0) is 36.6 Å². The van der Waals surface area contributed by atoms with E-state index in [9.17, 15) is 9.59 Å². The lowest BCUT2D eigenvalue weighted by Gasteiger charge is -2.31. The van der Waals surface area contributed by atoms with E-state index in [0.29, 0.717) is 48.6 Å². The maximum atomic E-state index is 12.8. The second-order valence-electron chi connectivity index (χ2n) is 7.97. The largest absolute Gasteiger partial charge is 0.486 e. The van der Waals surface area contributed by atoms with Crippen LogP contribution in [0.25, 0.3) is 0 Å². The summed E-state index contributed by atoms with van der Waals surface area (Å²) in [5.41, 5.74) is 3.49. The number of rotatable bonds is 4. The van der Waals surface area contributed by atoms with Gasteiger partial charge >= 0.3 is 0 Å². The summed E-state index contributed by atoms with van der Waals surface area (Å²) in [7, 11) is 0. The third-order valence-corrected chi connectivity index (χ3v) is 5.66. The molecule has 1 aromatic heterocycles. The van der Waals surface area contributed by atoms with Gasteiger partial charge in [-0.25, -0.2) is 4.98 Å². The van der Waals surface area contributed by atoms with E-state index in [4.69, 9.17) is 9.47 Å². The molecule has 32 heavy (non-hydrogen) atoms. The van der Waals surface area contributed by atoms with E-state index in [1.165, 1.54) is 21.8 Å². The SMILES string of the molecule is Cc1cc(=O)n(CC(=O)Nc2ccc3c(c2)OCCO3)c(N2CCc3ccccc3C2)n1. The number of aromatic nitrogens is 2. The molecule has 0 spiro atoms. The summed E-state index contributed by atoms with van der Waals surface area (Å²) in [4.78, 5) is 32.3. The van der Waals surface area contributed by atoms with E-state index < -0.39 is 0 Å². The second kappa shape index (κ2) is 8.37. The van der Waals surface area contributed by atoms with Crippen molar-refractivity contribution in [2.24, 2.45) is 0 Å². The molecule has 0 saturated carbocycles. The minimum Gasteiger partial charge on any atom is -0.486 e. The second-order valence-corrected chi connectivity index (χ2v) is 7.97. The minimum atomic E-state index is -0.312. The van der Waals surface area contributed by atoms with Gasteiger partial charge in [-0.15, -0.1) is 0 Å². The first kappa shape index (κ1) is 20.1. The van der Waals surface area contributed by atoms with Crippen LogP contribution in [-0.4, -0.2) is 35.2 Å². The number of ether oxygens (including phenoxy) is 2. The number of amides is 1. The Morgan fingerprint density at radius 3 is 2.69 bits per heavy atom. The van der Waals surface area contributed by atoms with Crippen LogP contribution in [0.5, 0.6) is 11.5 Å². The first-order valence-corrected chi connectivity index (χ1v) is 10.7. The van der Waals surface area contributed by atoms with Crippen LogP contribution >= 0.6 is 0 Å². The van der Waals surface area contributed by atoms with Gasteiger partial charge in [-0.2, -0.15) is 0 Å². The monoisotopic (exact) mass is 432 g/mol. The number of hydrogen-bond donors (Lipinski definition) is 1. The molecular weight excluding hydrogens is 408 g/mol. The van der Waals surface area contributed by atoms with Crippen molar-refractivity contribution in [3.8, 4) is 11.5 Å². The van der Waals surface area contributed by atoms with E-state index in [0.717, 1.165) is 13.0 Å². The Balaban J connectivity index is 1.38. The summed E-state index contributed by atoms with van der Waals surface area (Å²) in [6, 6.07) is 15.0. The summed E-state index contributed by atoms with van der Waals surface area (Å²) >= 11 is 0. The molecule has 5 rings (SSSR count). The van der Waals surface area contributed by atoms with Gasteiger partial charge in [0.25, 0.3) is 5.56 Å². The topological polar surface area (TPSA) is 85.7 Å². The lowest BCUT2D eigenvalue weighted by Crippen LogP contribution is -2.38. The molecule has 1 amide bonds. The minimum absolute atomic E-state index is 0.131. The Bertz CT molecular complexity index is 1240. The summed E-state index contributed by atoms with van der Waals surface area (Å²) in [5.74, 6) is 1.45. The standard InChI is InChI=1S/C24H24N4O4/c1-16-12-23(30)28(24(25-16)27-9-8-17-4-2-3-5-18(17)14-27)15-22(29)26-19-6-7-20-21(13-19)32-11-10-31-20/h2-7,12-13H,8-11,14-15H2,1H3,(H,26,29). The normalized spacial score (nSPS) is 14.6. The lowest BCUT2D eigenvalue weighted by atomic mass is 10.0. The lowest BCUT2D eigenvalue weighted by molar-refractivity contribution is -0.116. The van der Waals surface area contributed by atoms with Gasteiger partial charge < -0.3 is 19.7 Å². The molecule has 0 saturated heterocycles. The van der Waals surface area contributed by atoms with Crippen LogP contribution in [0.4, 0.5) is 11.6 Å². The summed E-state index contributed by atoms with van der Waals surface area (Å²) in [5, 5.41) is 2.85. The van der Waals surface area contributed by atoms with Crippen molar-refractivity contribution in [1.82, 2.24) is 9.55 Å². The number of fused-ring (bicyclic) bond motifs is 2. The van der Waals surface area contributed by atoms with Crippen LogP contribution in [-0.2, 0) is 24.3 Å². The van der Waals surface area contributed by atoms with E-state index in [1.54, 1.807) is 25.1 Å². The Morgan fingerprint density at radius 1 is 1.06 bits per heavy atom. The van der Waals surface area contributed by atoms with Gasteiger partial charge in [-0.3, -0.25) is 14.2 Å². The van der Waals surface area contributed by atoms with Crippen LogP contribution < -0.4 is 25.2 Å². The van der Waals surface area contributed by atoms with Crippen molar-refractivity contribution in [3.05, 3.63) is 75.7 Å². The molecule has 0 aliphatic carbocycles. The van der Waals surface area contributed by atoms with Crippen LogP contribution in [0.1, 0.15) is 16.8 Å². The Kier molecular flexibility index (Phi) is 5.26. The van der Waals surface area contributed by atoms with Crippen molar-refractivity contribution >= 4 is 17.5 Å². The van der Waals surface area contributed by atoms with Gasteiger partial charge in [0, 0.05) is 36.6 Å². The number of carbonyl (C=O) groups excluding carboxylic acids is 1.